The summed E-state index contributed by atoms with van der Waals surface area (Å²) in [5.41, 5.74) is 5.67. The van der Waals surface area contributed by atoms with Crippen molar-refractivity contribution in [2.75, 3.05) is 19.0 Å². The molecule has 4 rings (SSSR count). The van der Waals surface area contributed by atoms with Crippen molar-refractivity contribution in [2.45, 2.75) is 34.1 Å². The van der Waals surface area contributed by atoms with Crippen LogP contribution in [0.2, 0.25) is 0 Å². The fourth-order valence-corrected chi connectivity index (χ4v) is 4.70. The minimum atomic E-state index is -0.189. The molecule has 0 fully saturated rings. The van der Waals surface area contributed by atoms with E-state index in [-0.39, 0.29) is 5.91 Å². The maximum Gasteiger partial charge on any atom is 0.267 e. The van der Waals surface area contributed by atoms with Gasteiger partial charge in [0.15, 0.2) is 0 Å². The standard InChI is InChI=1S/C26H28N4O3S/c1-6-33-22-13-9-20(10-14-22)28-25(31)24-17(3)27-26(34-24)30-18(4)23(16(2)29-30)15-19-7-11-21(32-5)12-8-19/h7-14H,6,15H2,1-5H3,(H,28,31). The molecule has 8 heteroatoms. The lowest BCUT2D eigenvalue weighted by atomic mass is 10.0. The zero-order valence-electron chi connectivity index (χ0n) is 20.0. The molecule has 7 nitrogen and oxygen atoms in total. The smallest absolute Gasteiger partial charge is 0.267 e. The Morgan fingerprint density at radius 2 is 1.68 bits per heavy atom. The Morgan fingerprint density at radius 1 is 1.00 bits per heavy atom. The highest BCUT2D eigenvalue weighted by atomic mass is 32.1. The topological polar surface area (TPSA) is 78.3 Å². The highest BCUT2D eigenvalue weighted by Gasteiger charge is 2.20. The summed E-state index contributed by atoms with van der Waals surface area (Å²) in [6.07, 6.45) is 0.761. The molecule has 0 radical (unpaired) electrons. The number of carbonyl (C=O) groups is 1. The van der Waals surface area contributed by atoms with Crippen molar-refractivity contribution in [3.05, 3.63) is 81.6 Å². The predicted molar refractivity (Wildman–Crippen MR) is 135 cm³/mol. The van der Waals surface area contributed by atoms with Crippen molar-refractivity contribution in [1.29, 1.82) is 0 Å². The van der Waals surface area contributed by atoms with Gasteiger partial charge in [-0.3, -0.25) is 4.79 Å². The van der Waals surface area contributed by atoms with Gasteiger partial charge in [-0.1, -0.05) is 23.5 Å². The van der Waals surface area contributed by atoms with E-state index >= 15 is 0 Å². The highest BCUT2D eigenvalue weighted by molar-refractivity contribution is 7.16. The number of hydrogen-bond acceptors (Lipinski definition) is 6. The first-order valence-electron chi connectivity index (χ1n) is 11.1. The molecule has 0 bridgehead atoms. The predicted octanol–water partition coefficient (Wildman–Crippen LogP) is 5.50. The van der Waals surface area contributed by atoms with E-state index < -0.39 is 0 Å². The lowest BCUT2D eigenvalue weighted by Gasteiger charge is -2.06. The van der Waals surface area contributed by atoms with Gasteiger partial charge in [0.05, 0.1) is 25.1 Å². The molecule has 0 atom stereocenters. The van der Waals surface area contributed by atoms with Crippen LogP contribution in [0.15, 0.2) is 48.5 Å². The molecule has 0 spiro atoms. The van der Waals surface area contributed by atoms with E-state index in [1.807, 2.05) is 68.8 Å². The van der Waals surface area contributed by atoms with Crippen LogP contribution in [0.4, 0.5) is 5.69 Å². The molecule has 0 aliphatic carbocycles. The van der Waals surface area contributed by atoms with Crippen molar-refractivity contribution in [1.82, 2.24) is 14.8 Å². The monoisotopic (exact) mass is 476 g/mol. The van der Waals surface area contributed by atoms with Crippen molar-refractivity contribution in [3.8, 4) is 16.6 Å². The number of anilines is 1. The number of nitrogens with zero attached hydrogens (tertiary/aromatic N) is 3. The van der Waals surface area contributed by atoms with E-state index in [0.717, 1.165) is 34.9 Å². The van der Waals surface area contributed by atoms with E-state index in [1.54, 1.807) is 7.11 Å². The first-order chi connectivity index (χ1) is 16.4. The largest absolute Gasteiger partial charge is 0.497 e. The third kappa shape index (κ3) is 4.97. The van der Waals surface area contributed by atoms with E-state index in [2.05, 4.69) is 22.4 Å². The molecule has 0 saturated carbocycles. The molecule has 0 aliphatic rings. The Hall–Kier alpha value is -3.65. The fraction of sp³-hybridized carbons (Fsp3) is 0.269. The zero-order valence-corrected chi connectivity index (χ0v) is 20.8. The number of rotatable bonds is 8. The summed E-state index contributed by atoms with van der Waals surface area (Å²) in [5, 5.41) is 8.35. The van der Waals surface area contributed by atoms with E-state index in [4.69, 9.17) is 14.6 Å². The Kier molecular flexibility index (Phi) is 6.98. The molecule has 0 unspecified atom stereocenters. The maximum atomic E-state index is 12.9. The van der Waals surface area contributed by atoms with E-state index in [9.17, 15) is 4.79 Å². The van der Waals surface area contributed by atoms with Gasteiger partial charge in [0.2, 0.25) is 5.13 Å². The molecule has 176 valence electrons. The van der Waals surface area contributed by atoms with Crippen molar-refractivity contribution >= 4 is 22.9 Å². The summed E-state index contributed by atoms with van der Waals surface area (Å²) < 4.78 is 12.5. The lowest BCUT2D eigenvalue weighted by molar-refractivity contribution is 0.103. The number of ether oxygens (including phenoxy) is 2. The Labute approximate surface area is 203 Å². The second-order valence-corrected chi connectivity index (χ2v) is 8.89. The van der Waals surface area contributed by atoms with Gasteiger partial charge >= 0.3 is 0 Å². The quantitative estimate of drug-likeness (QED) is 0.363. The van der Waals surface area contributed by atoms with Gasteiger partial charge in [0.1, 0.15) is 16.4 Å². The van der Waals surface area contributed by atoms with Crippen LogP contribution in [0.25, 0.3) is 5.13 Å². The molecule has 4 aromatic rings. The van der Waals surface area contributed by atoms with Crippen LogP contribution in [0, 0.1) is 20.8 Å². The zero-order chi connectivity index (χ0) is 24.2. The molecule has 2 heterocycles. The minimum Gasteiger partial charge on any atom is -0.497 e. The molecule has 1 N–H and O–H groups in total. The summed E-state index contributed by atoms with van der Waals surface area (Å²) in [5.74, 6) is 1.42. The average Bonchev–Trinajstić information content (AvgIpc) is 3.35. The summed E-state index contributed by atoms with van der Waals surface area (Å²) >= 11 is 1.33. The van der Waals surface area contributed by atoms with Crippen molar-refractivity contribution in [2.24, 2.45) is 0 Å². The van der Waals surface area contributed by atoms with E-state index in [1.165, 1.54) is 16.9 Å². The van der Waals surface area contributed by atoms with E-state index in [0.29, 0.717) is 28.0 Å². The number of amides is 1. The number of carbonyl (C=O) groups excluding carboxylic acids is 1. The van der Waals surface area contributed by atoms with Crippen molar-refractivity contribution < 1.29 is 14.3 Å². The molecule has 2 aromatic carbocycles. The van der Waals surface area contributed by atoms with Gasteiger partial charge in [-0.15, -0.1) is 0 Å². The molecular weight excluding hydrogens is 448 g/mol. The molecule has 0 aliphatic heterocycles. The first-order valence-corrected chi connectivity index (χ1v) is 11.9. The molecule has 0 saturated heterocycles. The van der Waals surface area contributed by atoms with Gasteiger partial charge in [-0.25, -0.2) is 9.67 Å². The minimum absolute atomic E-state index is 0.189. The number of aryl methyl sites for hydroxylation is 2. The summed E-state index contributed by atoms with van der Waals surface area (Å²) in [6, 6.07) is 15.4. The Morgan fingerprint density at radius 3 is 2.32 bits per heavy atom. The van der Waals surface area contributed by atoms with Gasteiger partial charge in [-0.05, 0) is 69.7 Å². The second kappa shape index (κ2) is 10.1. The third-order valence-electron chi connectivity index (χ3n) is 5.58. The van der Waals surface area contributed by atoms with Gasteiger partial charge < -0.3 is 14.8 Å². The number of thiazole rings is 1. The summed E-state index contributed by atoms with van der Waals surface area (Å²) in [4.78, 5) is 18.1. The van der Waals surface area contributed by atoms with Crippen LogP contribution in [0.5, 0.6) is 11.5 Å². The normalized spacial score (nSPS) is 10.9. The van der Waals surface area contributed by atoms with Crippen LogP contribution < -0.4 is 14.8 Å². The number of hydrogen-bond donors (Lipinski definition) is 1. The Bertz CT molecular complexity index is 1290. The van der Waals surface area contributed by atoms with Crippen molar-refractivity contribution in [3.63, 3.8) is 0 Å². The number of aromatic nitrogens is 3. The molecule has 1 amide bonds. The molecule has 34 heavy (non-hydrogen) atoms. The number of benzene rings is 2. The van der Waals surface area contributed by atoms with Crippen LogP contribution in [-0.4, -0.2) is 34.4 Å². The molecular formula is C26H28N4O3S. The molecule has 2 aromatic heterocycles. The number of methoxy groups -OCH3 is 1. The van der Waals surface area contributed by atoms with Gasteiger partial charge in [0, 0.05) is 23.4 Å². The average molecular weight is 477 g/mol. The second-order valence-electron chi connectivity index (χ2n) is 7.91. The van der Waals surface area contributed by atoms with Gasteiger partial charge in [-0.2, -0.15) is 5.10 Å². The fourth-order valence-electron chi connectivity index (χ4n) is 3.74. The SMILES string of the molecule is CCOc1ccc(NC(=O)c2sc(-n3nc(C)c(Cc4ccc(OC)cc4)c3C)nc2C)cc1. The summed E-state index contributed by atoms with van der Waals surface area (Å²) in [6.45, 7) is 8.42. The van der Waals surface area contributed by atoms with Crippen LogP contribution in [0.3, 0.4) is 0 Å². The van der Waals surface area contributed by atoms with Crippen LogP contribution in [-0.2, 0) is 6.42 Å². The maximum absolute atomic E-state index is 12.9. The summed E-state index contributed by atoms with van der Waals surface area (Å²) in [7, 11) is 1.66. The first kappa shape index (κ1) is 23.5. The van der Waals surface area contributed by atoms with Crippen LogP contribution in [0.1, 0.15) is 44.8 Å². The third-order valence-corrected chi connectivity index (χ3v) is 6.71. The van der Waals surface area contributed by atoms with Gasteiger partial charge in [0.25, 0.3) is 5.91 Å². The Balaban J connectivity index is 1.54. The lowest BCUT2D eigenvalue weighted by Crippen LogP contribution is -2.11. The number of nitrogens with one attached hydrogen (secondary N) is 1. The highest BCUT2D eigenvalue weighted by Crippen LogP contribution is 2.27. The van der Waals surface area contributed by atoms with Crippen LogP contribution >= 0.6 is 11.3 Å².